The third-order valence-corrected chi connectivity index (χ3v) is 5.08. The van der Waals surface area contributed by atoms with Crippen LogP contribution in [-0.2, 0) is 23.2 Å². The van der Waals surface area contributed by atoms with E-state index in [1.54, 1.807) is 18.2 Å². The summed E-state index contributed by atoms with van der Waals surface area (Å²) in [5, 5.41) is 4.03. The number of hydrogen-bond acceptors (Lipinski definition) is 5. The van der Waals surface area contributed by atoms with E-state index in [1.807, 2.05) is 24.3 Å². The fourth-order valence-corrected chi connectivity index (χ4v) is 3.42. The third kappa shape index (κ3) is 4.19. The summed E-state index contributed by atoms with van der Waals surface area (Å²) in [4.78, 5) is 12.3. The molecule has 0 aliphatic carbocycles. The Labute approximate surface area is 170 Å². The molecule has 29 heavy (non-hydrogen) atoms. The first-order chi connectivity index (χ1) is 13.8. The predicted molar refractivity (Wildman–Crippen MR) is 110 cm³/mol. The highest BCUT2D eigenvalue weighted by molar-refractivity contribution is 5.89. The molecule has 2 heterocycles. The molecule has 0 bridgehead atoms. The van der Waals surface area contributed by atoms with Gasteiger partial charge in [-0.25, -0.2) is 4.79 Å². The van der Waals surface area contributed by atoms with Crippen LogP contribution in [0.1, 0.15) is 54.9 Å². The van der Waals surface area contributed by atoms with Crippen LogP contribution in [0.2, 0.25) is 0 Å². The van der Waals surface area contributed by atoms with Gasteiger partial charge in [-0.2, -0.15) is 0 Å². The zero-order chi connectivity index (χ0) is 20.6. The third-order valence-electron chi connectivity index (χ3n) is 5.08. The molecule has 150 valence electrons. The first kappa shape index (κ1) is 19.2. The van der Waals surface area contributed by atoms with Crippen molar-refractivity contribution in [3.8, 4) is 17.1 Å². The van der Waals surface area contributed by atoms with E-state index in [-0.39, 0.29) is 24.1 Å². The molecule has 0 saturated heterocycles. The number of esters is 1. The van der Waals surface area contributed by atoms with Gasteiger partial charge in [-0.1, -0.05) is 38.1 Å². The molecule has 3 aromatic rings. The Kier molecular flexibility index (Phi) is 4.91. The van der Waals surface area contributed by atoms with Crippen molar-refractivity contribution >= 4 is 5.97 Å². The second-order valence-corrected chi connectivity index (χ2v) is 8.54. The molecule has 1 aliphatic heterocycles. The van der Waals surface area contributed by atoms with E-state index < -0.39 is 0 Å². The van der Waals surface area contributed by atoms with Crippen molar-refractivity contribution in [3.05, 3.63) is 70.9 Å². The lowest BCUT2D eigenvalue weighted by Crippen LogP contribution is -2.12. The van der Waals surface area contributed by atoms with Gasteiger partial charge in [0.25, 0.3) is 0 Å². The molecule has 1 aliphatic rings. The van der Waals surface area contributed by atoms with Crippen molar-refractivity contribution in [2.45, 2.75) is 52.2 Å². The van der Waals surface area contributed by atoms with Gasteiger partial charge >= 0.3 is 5.97 Å². The van der Waals surface area contributed by atoms with E-state index in [1.165, 1.54) is 5.56 Å². The van der Waals surface area contributed by atoms with Crippen molar-refractivity contribution < 1.29 is 18.8 Å². The van der Waals surface area contributed by atoms with Gasteiger partial charge in [-0.3, -0.25) is 0 Å². The number of benzene rings is 2. The fraction of sp³-hybridized carbons (Fsp3) is 0.333. The van der Waals surface area contributed by atoms with E-state index in [9.17, 15) is 4.79 Å². The summed E-state index contributed by atoms with van der Waals surface area (Å²) in [6.45, 7) is 8.52. The summed E-state index contributed by atoms with van der Waals surface area (Å²) < 4.78 is 16.6. The minimum absolute atomic E-state index is 0.0429. The van der Waals surface area contributed by atoms with Crippen molar-refractivity contribution in [2.75, 3.05) is 0 Å². The molecule has 0 fully saturated rings. The van der Waals surface area contributed by atoms with Gasteiger partial charge in [0.15, 0.2) is 5.76 Å². The Bertz CT molecular complexity index is 1030. The lowest BCUT2D eigenvalue weighted by atomic mass is 9.87. The Hall–Kier alpha value is -3.08. The van der Waals surface area contributed by atoms with Crippen molar-refractivity contribution in [1.29, 1.82) is 0 Å². The van der Waals surface area contributed by atoms with Gasteiger partial charge in [0, 0.05) is 18.1 Å². The molecule has 0 radical (unpaired) electrons. The zero-order valence-electron chi connectivity index (χ0n) is 17.2. The molecule has 1 unspecified atom stereocenters. The highest BCUT2D eigenvalue weighted by Gasteiger charge is 2.20. The summed E-state index contributed by atoms with van der Waals surface area (Å²) in [6, 6.07) is 15.3. The largest absolute Gasteiger partial charge is 0.490 e. The van der Waals surface area contributed by atoms with Gasteiger partial charge in [-0.05, 0) is 53.8 Å². The second kappa shape index (κ2) is 7.39. The fourth-order valence-electron chi connectivity index (χ4n) is 3.42. The maximum atomic E-state index is 12.3. The van der Waals surface area contributed by atoms with E-state index in [0.717, 1.165) is 23.3 Å². The van der Waals surface area contributed by atoms with Gasteiger partial charge in [0.2, 0.25) is 0 Å². The summed E-state index contributed by atoms with van der Waals surface area (Å²) in [5.41, 5.74) is 4.41. The number of aromatic nitrogens is 1. The van der Waals surface area contributed by atoms with Crippen LogP contribution in [0, 0.1) is 0 Å². The smallest absolute Gasteiger partial charge is 0.338 e. The molecule has 2 aromatic carbocycles. The molecule has 0 N–H and O–H groups in total. The van der Waals surface area contributed by atoms with E-state index in [4.69, 9.17) is 14.0 Å². The normalized spacial score (nSPS) is 15.7. The number of ether oxygens (including phenoxy) is 2. The molecule has 0 saturated carbocycles. The highest BCUT2D eigenvalue weighted by atomic mass is 16.5. The maximum Gasteiger partial charge on any atom is 0.338 e. The number of fused-ring (bicyclic) bond motifs is 1. The van der Waals surface area contributed by atoms with Crippen LogP contribution in [0.5, 0.6) is 5.75 Å². The highest BCUT2D eigenvalue weighted by Crippen LogP contribution is 2.33. The van der Waals surface area contributed by atoms with Crippen LogP contribution in [0.3, 0.4) is 0 Å². The van der Waals surface area contributed by atoms with Crippen LogP contribution < -0.4 is 4.74 Å². The SMILES string of the molecule is CC1Cc2cc(-c3cc(COC(=O)c4ccc(C(C)(C)C)cc4)no3)ccc2O1. The van der Waals surface area contributed by atoms with Crippen LogP contribution in [0.4, 0.5) is 0 Å². The molecule has 1 aromatic heterocycles. The molecule has 0 amide bonds. The summed E-state index contributed by atoms with van der Waals surface area (Å²) in [5.74, 6) is 1.19. The number of carbonyl (C=O) groups is 1. The standard InChI is InChI=1S/C24H25NO4/c1-15-11-18-12-17(7-10-21(18)28-15)22-13-20(25-29-22)14-27-23(26)16-5-8-19(9-6-16)24(2,3)4/h5-10,12-13,15H,11,14H2,1-4H3. The summed E-state index contributed by atoms with van der Waals surface area (Å²) in [7, 11) is 0. The Morgan fingerprint density at radius 3 is 2.62 bits per heavy atom. The average Bonchev–Trinajstić information content (AvgIpc) is 3.30. The van der Waals surface area contributed by atoms with E-state index >= 15 is 0 Å². The molecule has 5 nitrogen and oxygen atoms in total. The molecular weight excluding hydrogens is 366 g/mol. The average molecular weight is 391 g/mol. The number of rotatable bonds is 4. The van der Waals surface area contributed by atoms with Gasteiger partial charge in [0.05, 0.1) is 5.56 Å². The van der Waals surface area contributed by atoms with Gasteiger partial charge < -0.3 is 14.0 Å². The summed E-state index contributed by atoms with van der Waals surface area (Å²) in [6.07, 6.45) is 1.08. The number of carbonyl (C=O) groups excluding carboxylic acids is 1. The van der Waals surface area contributed by atoms with Crippen LogP contribution in [-0.4, -0.2) is 17.2 Å². The van der Waals surface area contributed by atoms with Crippen LogP contribution >= 0.6 is 0 Å². The molecule has 4 rings (SSSR count). The van der Waals surface area contributed by atoms with Crippen molar-refractivity contribution in [3.63, 3.8) is 0 Å². The zero-order valence-corrected chi connectivity index (χ0v) is 17.2. The lowest BCUT2D eigenvalue weighted by molar-refractivity contribution is 0.0464. The Balaban J connectivity index is 1.40. The minimum Gasteiger partial charge on any atom is -0.490 e. The maximum absolute atomic E-state index is 12.3. The molecule has 0 spiro atoms. The first-order valence-corrected chi connectivity index (χ1v) is 9.83. The van der Waals surface area contributed by atoms with E-state index in [2.05, 4.69) is 38.9 Å². The van der Waals surface area contributed by atoms with E-state index in [0.29, 0.717) is 17.0 Å². The quantitative estimate of drug-likeness (QED) is 0.563. The van der Waals surface area contributed by atoms with Gasteiger partial charge in [-0.15, -0.1) is 0 Å². The Morgan fingerprint density at radius 2 is 1.90 bits per heavy atom. The molecule has 1 atom stereocenters. The predicted octanol–water partition coefficient (Wildman–Crippen LogP) is 5.32. The summed E-state index contributed by atoms with van der Waals surface area (Å²) >= 11 is 0. The van der Waals surface area contributed by atoms with Crippen molar-refractivity contribution in [2.24, 2.45) is 0 Å². The minimum atomic E-state index is -0.376. The monoisotopic (exact) mass is 391 g/mol. The van der Waals surface area contributed by atoms with Crippen LogP contribution in [0.15, 0.2) is 53.1 Å². The van der Waals surface area contributed by atoms with Crippen molar-refractivity contribution in [1.82, 2.24) is 5.16 Å². The van der Waals surface area contributed by atoms with Crippen LogP contribution in [0.25, 0.3) is 11.3 Å². The first-order valence-electron chi connectivity index (χ1n) is 9.83. The number of hydrogen-bond donors (Lipinski definition) is 0. The molecule has 5 heteroatoms. The topological polar surface area (TPSA) is 61.6 Å². The second-order valence-electron chi connectivity index (χ2n) is 8.54. The Morgan fingerprint density at radius 1 is 1.14 bits per heavy atom. The molecular formula is C24H25NO4. The lowest BCUT2D eigenvalue weighted by Gasteiger charge is -2.18. The van der Waals surface area contributed by atoms with Gasteiger partial charge in [0.1, 0.15) is 24.2 Å². The number of nitrogens with zero attached hydrogens (tertiary/aromatic N) is 1.